The summed E-state index contributed by atoms with van der Waals surface area (Å²) in [6, 6.07) is 10.7. The third-order valence-electron chi connectivity index (χ3n) is 4.59. The monoisotopic (exact) mass is 330 g/mol. The number of rotatable bonds is 2. The van der Waals surface area contributed by atoms with E-state index in [4.69, 9.17) is 0 Å². The van der Waals surface area contributed by atoms with Crippen molar-refractivity contribution in [2.24, 2.45) is 0 Å². The SMILES string of the molecule is O=C(O)c1ccc(C(F)(F)F)c2c(C3CC3)c3ccccc3cc12. The lowest BCUT2D eigenvalue weighted by Crippen LogP contribution is -2.09. The Morgan fingerprint density at radius 2 is 1.75 bits per heavy atom. The van der Waals surface area contributed by atoms with Gasteiger partial charge in [0.15, 0.2) is 0 Å². The lowest BCUT2D eigenvalue weighted by atomic mass is 9.88. The Bertz CT molecular complexity index is 985. The van der Waals surface area contributed by atoms with Gasteiger partial charge in [-0.15, -0.1) is 0 Å². The Kier molecular flexibility index (Phi) is 3.10. The molecular weight excluding hydrogens is 317 g/mol. The van der Waals surface area contributed by atoms with Gasteiger partial charge in [0.05, 0.1) is 11.1 Å². The van der Waals surface area contributed by atoms with E-state index < -0.39 is 17.7 Å². The van der Waals surface area contributed by atoms with Crippen LogP contribution in [0.25, 0.3) is 21.5 Å². The van der Waals surface area contributed by atoms with Gasteiger partial charge in [-0.25, -0.2) is 4.79 Å². The average molecular weight is 330 g/mol. The Labute approximate surface area is 135 Å². The van der Waals surface area contributed by atoms with E-state index in [2.05, 4.69) is 0 Å². The zero-order valence-corrected chi connectivity index (χ0v) is 12.5. The first-order chi connectivity index (χ1) is 11.4. The van der Waals surface area contributed by atoms with Crippen molar-refractivity contribution >= 4 is 27.5 Å². The Morgan fingerprint density at radius 3 is 2.38 bits per heavy atom. The van der Waals surface area contributed by atoms with E-state index in [-0.39, 0.29) is 22.3 Å². The maximum Gasteiger partial charge on any atom is 0.417 e. The normalized spacial score (nSPS) is 15.1. The van der Waals surface area contributed by atoms with E-state index in [0.29, 0.717) is 5.56 Å². The van der Waals surface area contributed by atoms with Crippen molar-refractivity contribution in [1.82, 2.24) is 0 Å². The van der Waals surface area contributed by atoms with Crippen molar-refractivity contribution < 1.29 is 23.1 Å². The maximum absolute atomic E-state index is 13.6. The molecule has 1 N–H and O–H groups in total. The number of halogens is 3. The van der Waals surface area contributed by atoms with Gasteiger partial charge in [-0.1, -0.05) is 24.3 Å². The summed E-state index contributed by atoms with van der Waals surface area (Å²) >= 11 is 0. The van der Waals surface area contributed by atoms with Crippen LogP contribution in [0.3, 0.4) is 0 Å². The van der Waals surface area contributed by atoms with Crippen LogP contribution in [-0.2, 0) is 6.18 Å². The predicted octanol–water partition coefficient (Wildman–Crippen LogP) is 5.59. The second kappa shape index (κ2) is 4.97. The molecule has 0 bridgehead atoms. The number of fused-ring (bicyclic) bond motifs is 2. The molecule has 1 aliphatic carbocycles. The molecule has 1 saturated carbocycles. The van der Waals surface area contributed by atoms with Gasteiger partial charge < -0.3 is 5.11 Å². The van der Waals surface area contributed by atoms with Gasteiger partial charge in [0.25, 0.3) is 0 Å². The number of carboxylic acids is 1. The summed E-state index contributed by atoms with van der Waals surface area (Å²) in [6.45, 7) is 0. The zero-order chi connectivity index (χ0) is 17.1. The molecule has 1 aliphatic rings. The van der Waals surface area contributed by atoms with Crippen LogP contribution in [0.2, 0.25) is 0 Å². The first-order valence-corrected chi connectivity index (χ1v) is 7.67. The highest BCUT2D eigenvalue weighted by Crippen LogP contribution is 2.49. The van der Waals surface area contributed by atoms with Crippen LogP contribution in [0.15, 0.2) is 42.5 Å². The lowest BCUT2D eigenvalue weighted by Gasteiger charge is -2.18. The van der Waals surface area contributed by atoms with Gasteiger partial charge in [-0.2, -0.15) is 13.2 Å². The number of aromatic carboxylic acids is 1. The number of carboxylic acid groups (broad SMARTS) is 1. The molecule has 0 heterocycles. The molecule has 2 nitrogen and oxygen atoms in total. The van der Waals surface area contributed by atoms with Crippen LogP contribution >= 0.6 is 0 Å². The Balaban J connectivity index is 2.26. The first kappa shape index (κ1) is 15.0. The Hall–Kier alpha value is -2.56. The smallest absolute Gasteiger partial charge is 0.417 e. The topological polar surface area (TPSA) is 37.3 Å². The van der Waals surface area contributed by atoms with E-state index in [9.17, 15) is 23.1 Å². The first-order valence-electron chi connectivity index (χ1n) is 7.67. The van der Waals surface area contributed by atoms with Crippen LogP contribution in [0.4, 0.5) is 13.2 Å². The molecule has 0 atom stereocenters. The average Bonchev–Trinajstić information content (AvgIpc) is 3.34. The fraction of sp³-hybridized carbons (Fsp3) is 0.211. The molecule has 0 radical (unpaired) electrons. The highest BCUT2D eigenvalue weighted by Gasteiger charge is 2.37. The molecule has 24 heavy (non-hydrogen) atoms. The maximum atomic E-state index is 13.6. The van der Waals surface area contributed by atoms with Gasteiger partial charge in [0, 0.05) is 0 Å². The standard InChI is InChI=1S/C19H13F3O2/c20-19(21,22)15-8-7-13(18(23)24)14-9-11-3-1-2-4-12(11)16(17(14)15)10-5-6-10/h1-4,7-10H,5-6H2,(H,23,24). The molecule has 3 aromatic rings. The molecule has 0 aliphatic heterocycles. The summed E-state index contributed by atoms with van der Waals surface area (Å²) < 4.78 is 40.7. The molecule has 5 heteroatoms. The highest BCUT2D eigenvalue weighted by atomic mass is 19.4. The second-order valence-corrected chi connectivity index (χ2v) is 6.17. The molecular formula is C19H13F3O2. The van der Waals surface area contributed by atoms with Gasteiger partial charge in [-0.05, 0) is 64.1 Å². The van der Waals surface area contributed by atoms with Crippen molar-refractivity contribution in [2.75, 3.05) is 0 Å². The zero-order valence-electron chi connectivity index (χ0n) is 12.5. The summed E-state index contributed by atoms with van der Waals surface area (Å²) in [7, 11) is 0. The molecule has 4 rings (SSSR count). The molecule has 0 aromatic heterocycles. The van der Waals surface area contributed by atoms with E-state index >= 15 is 0 Å². The molecule has 3 aromatic carbocycles. The van der Waals surface area contributed by atoms with E-state index in [1.165, 1.54) is 0 Å². The fourth-order valence-electron chi connectivity index (χ4n) is 3.44. The third-order valence-corrected chi connectivity index (χ3v) is 4.59. The Morgan fingerprint density at radius 1 is 1.04 bits per heavy atom. The van der Waals surface area contributed by atoms with Crippen LogP contribution in [0.1, 0.15) is 40.2 Å². The molecule has 0 unspecified atom stereocenters. The van der Waals surface area contributed by atoms with Gasteiger partial charge in [-0.3, -0.25) is 0 Å². The molecule has 0 saturated heterocycles. The molecule has 122 valence electrons. The summed E-state index contributed by atoms with van der Waals surface area (Å²) in [5.74, 6) is -1.16. The van der Waals surface area contributed by atoms with Crippen LogP contribution in [0, 0.1) is 0 Å². The minimum atomic E-state index is -4.53. The number of alkyl halides is 3. The number of hydrogen-bond acceptors (Lipinski definition) is 1. The number of carbonyl (C=O) groups is 1. The predicted molar refractivity (Wildman–Crippen MR) is 85.4 cm³/mol. The van der Waals surface area contributed by atoms with Crippen LogP contribution < -0.4 is 0 Å². The molecule has 1 fully saturated rings. The number of hydrogen-bond donors (Lipinski definition) is 1. The minimum absolute atomic E-state index is 0.0450. The largest absolute Gasteiger partial charge is 0.478 e. The second-order valence-electron chi connectivity index (χ2n) is 6.17. The number of benzene rings is 3. The lowest BCUT2D eigenvalue weighted by molar-refractivity contribution is -0.136. The van der Waals surface area contributed by atoms with E-state index in [0.717, 1.165) is 35.7 Å². The van der Waals surface area contributed by atoms with Crippen molar-refractivity contribution in [3.8, 4) is 0 Å². The van der Waals surface area contributed by atoms with Gasteiger partial charge in [0.1, 0.15) is 0 Å². The highest BCUT2D eigenvalue weighted by molar-refractivity contribution is 6.12. The van der Waals surface area contributed by atoms with E-state index in [1.54, 1.807) is 18.2 Å². The van der Waals surface area contributed by atoms with Crippen molar-refractivity contribution in [2.45, 2.75) is 24.9 Å². The summed E-state index contributed by atoms with van der Waals surface area (Å²) in [4.78, 5) is 11.5. The van der Waals surface area contributed by atoms with Crippen molar-refractivity contribution in [1.29, 1.82) is 0 Å². The van der Waals surface area contributed by atoms with E-state index in [1.807, 2.05) is 12.1 Å². The van der Waals surface area contributed by atoms with Gasteiger partial charge >= 0.3 is 12.1 Å². The van der Waals surface area contributed by atoms with Gasteiger partial charge in [0.2, 0.25) is 0 Å². The summed E-state index contributed by atoms with van der Waals surface area (Å²) in [5.41, 5.74) is -0.209. The summed E-state index contributed by atoms with van der Waals surface area (Å²) in [6.07, 6.45) is -2.86. The van der Waals surface area contributed by atoms with Crippen molar-refractivity contribution in [3.63, 3.8) is 0 Å². The van der Waals surface area contributed by atoms with Crippen molar-refractivity contribution in [3.05, 3.63) is 59.2 Å². The third kappa shape index (κ3) is 2.23. The quantitative estimate of drug-likeness (QED) is 0.622. The molecule has 0 spiro atoms. The minimum Gasteiger partial charge on any atom is -0.478 e. The molecule has 0 amide bonds. The summed E-state index contributed by atoms with van der Waals surface area (Å²) in [5, 5.41) is 11.2. The van der Waals surface area contributed by atoms with Crippen LogP contribution in [-0.4, -0.2) is 11.1 Å². The fourth-order valence-corrected chi connectivity index (χ4v) is 3.44. The van der Waals surface area contributed by atoms with Crippen LogP contribution in [0.5, 0.6) is 0 Å².